The highest BCUT2D eigenvalue weighted by Crippen LogP contribution is 2.31. The van der Waals surface area contributed by atoms with Crippen molar-refractivity contribution in [2.24, 2.45) is 0 Å². The van der Waals surface area contributed by atoms with Crippen molar-refractivity contribution in [1.29, 1.82) is 0 Å². The van der Waals surface area contributed by atoms with E-state index in [-0.39, 0.29) is 18.5 Å². The summed E-state index contributed by atoms with van der Waals surface area (Å²) in [5.74, 6) is 1.03. The molecule has 1 saturated heterocycles. The highest BCUT2D eigenvalue weighted by atomic mass is 35.5. The Labute approximate surface area is 234 Å². The Hall–Kier alpha value is -3.72. The minimum absolute atomic E-state index is 0.0477. The number of aromatic nitrogens is 2. The van der Waals surface area contributed by atoms with Crippen molar-refractivity contribution in [3.8, 4) is 17.2 Å². The number of halogens is 1. The summed E-state index contributed by atoms with van der Waals surface area (Å²) in [7, 11) is 2.98. The zero-order valence-corrected chi connectivity index (χ0v) is 22.3. The van der Waals surface area contributed by atoms with Gasteiger partial charge in [-0.05, 0) is 36.4 Å². The van der Waals surface area contributed by atoms with Crippen LogP contribution in [0.15, 0.2) is 48.8 Å². The molecular formula is C26H29ClN4O9. The minimum atomic E-state index is -1.53. The molecule has 214 valence electrons. The molecular weight excluding hydrogens is 548 g/mol. The van der Waals surface area contributed by atoms with Gasteiger partial charge in [0.25, 0.3) is 5.91 Å². The smallest absolute Gasteiger partial charge is 0.251 e. The van der Waals surface area contributed by atoms with Crippen LogP contribution in [0, 0.1) is 0 Å². The molecule has 3 aromatic rings. The van der Waals surface area contributed by atoms with Crippen molar-refractivity contribution in [3.05, 3.63) is 64.9 Å². The van der Waals surface area contributed by atoms with Crippen molar-refractivity contribution in [1.82, 2.24) is 15.3 Å². The molecule has 14 heteroatoms. The number of methoxy groups -OCH3 is 1. The molecule has 40 heavy (non-hydrogen) atoms. The molecule has 2 heterocycles. The topological polar surface area (TPSA) is 185 Å². The molecule has 1 fully saturated rings. The number of ether oxygens (including phenoxy) is 4. The lowest BCUT2D eigenvalue weighted by atomic mass is 9.99. The van der Waals surface area contributed by atoms with E-state index in [1.807, 2.05) is 0 Å². The van der Waals surface area contributed by atoms with Crippen LogP contribution >= 0.6 is 11.6 Å². The zero-order chi connectivity index (χ0) is 28.8. The molecule has 13 nitrogen and oxygen atoms in total. The van der Waals surface area contributed by atoms with E-state index in [9.17, 15) is 25.2 Å². The van der Waals surface area contributed by atoms with Crippen LogP contribution in [-0.4, -0.2) is 87.8 Å². The molecule has 5 atom stereocenters. The molecule has 1 amide bonds. The van der Waals surface area contributed by atoms with E-state index in [4.69, 9.17) is 30.5 Å². The number of carbonyl (C=O) groups excluding carboxylic acids is 1. The lowest BCUT2D eigenvalue weighted by Crippen LogP contribution is -2.60. The number of anilines is 2. The van der Waals surface area contributed by atoms with Gasteiger partial charge < -0.3 is 50.0 Å². The summed E-state index contributed by atoms with van der Waals surface area (Å²) in [6, 6.07) is 9.68. The Kier molecular flexibility index (Phi) is 9.58. The summed E-state index contributed by atoms with van der Waals surface area (Å²) in [4.78, 5) is 20.5. The monoisotopic (exact) mass is 576 g/mol. The molecule has 2 aromatic carbocycles. The Morgan fingerprint density at radius 3 is 2.38 bits per heavy atom. The number of aliphatic hydroxyl groups is 4. The van der Waals surface area contributed by atoms with Crippen LogP contribution in [0.3, 0.4) is 0 Å². The van der Waals surface area contributed by atoms with Crippen molar-refractivity contribution in [2.75, 3.05) is 26.1 Å². The quantitative estimate of drug-likeness (QED) is 0.201. The molecule has 0 bridgehead atoms. The molecule has 0 aliphatic carbocycles. The molecule has 0 saturated carbocycles. The fourth-order valence-corrected chi connectivity index (χ4v) is 4.09. The first-order chi connectivity index (χ1) is 19.2. The summed E-state index contributed by atoms with van der Waals surface area (Å²) in [5.41, 5.74) is 1.55. The molecule has 1 aliphatic rings. The van der Waals surface area contributed by atoms with Crippen LogP contribution in [0.5, 0.6) is 17.2 Å². The van der Waals surface area contributed by atoms with Crippen LogP contribution in [0.1, 0.15) is 15.9 Å². The second-order valence-electron chi connectivity index (χ2n) is 8.73. The van der Waals surface area contributed by atoms with E-state index in [0.29, 0.717) is 39.1 Å². The maximum atomic E-state index is 12.0. The number of carbonyl (C=O) groups is 1. The van der Waals surface area contributed by atoms with Crippen LogP contribution in [0.2, 0.25) is 5.02 Å². The summed E-state index contributed by atoms with van der Waals surface area (Å²) in [6.45, 7) is -0.503. The number of nitrogens with zero attached hydrogens (tertiary/aromatic N) is 2. The van der Waals surface area contributed by atoms with E-state index in [1.165, 1.54) is 26.6 Å². The average Bonchev–Trinajstić information content (AvgIpc) is 2.98. The lowest BCUT2D eigenvalue weighted by Gasteiger charge is -2.39. The zero-order valence-electron chi connectivity index (χ0n) is 21.5. The van der Waals surface area contributed by atoms with E-state index in [1.54, 1.807) is 36.4 Å². The predicted octanol–water partition coefficient (Wildman–Crippen LogP) is 0.999. The Balaban J connectivity index is 1.34. The van der Waals surface area contributed by atoms with Crippen LogP contribution < -0.4 is 24.8 Å². The summed E-state index contributed by atoms with van der Waals surface area (Å²) < 4.78 is 21.9. The third-order valence-corrected chi connectivity index (χ3v) is 6.49. The number of nitrogens with one attached hydrogen (secondary N) is 2. The van der Waals surface area contributed by atoms with Gasteiger partial charge in [0.2, 0.25) is 12.2 Å². The average molecular weight is 577 g/mol. The van der Waals surface area contributed by atoms with Gasteiger partial charge in [-0.25, -0.2) is 9.97 Å². The first kappa shape index (κ1) is 29.3. The third kappa shape index (κ3) is 6.70. The maximum Gasteiger partial charge on any atom is 0.251 e. The van der Waals surface area contributed by atoms with Crippen LogP contribution in [0.25, 0.3) is 0 Å². The Morgan fingerprint density at radius 1 is 1.05 bits per heavy atom. The highest BCUT2D eigenvalue weighted by Gasteiger charge is 2.44. The van der Waals surface area contributed by atoms with Gasteiger partial charge in [-0.3, -0.25) is 4.79 Å². The van der Waals surface area contributed by atoms with Crippen molar-refractivity contribution < 1.29 is 44.2 Å². The number of benzene rings is 2. The Bertz CT molecular complexity index is 1290. The number of rotatable bonds is 10. The third-order valence-electron chi connectivity index (χ3n) is 6.06. The van der Waals surface area contributed by atoms with Crippen LogP contribution in [0.4, 0.5) is 11.6 Å². The van der Waals surface area contributed by atoms with Crippen molar-refractivity contribution >= 4 is 29.1 Å². The summed E-state index contributed by atoms with van der Waals surface area (Å²) in [5, 5.41) is 45.1. The Morgan fingerprint density at radius 2 is 1.75 bits per heavy atom. The van der Waals surface area contributed by atoms with Gasteiger partial charge in [0.1, 0.15) is 42.5 Å². The molecule has 6 N–H and O–H groups in total. The van der Waals surface area contributed by atoms with Crippen molar-refractivity contribution in [2.45, 2.75) is 37.3 Å². The normalized spacial score (nSPS) is 22.3. The number of hydrogen-bond acceptors (Lipinski definition) is 12. The second kappa shape index (κ2) is 13.1. The van der Waals surface area contributed by atoms with Crippen LogP contribution in [-0.2, 0) is 11.3 Å². The van der Waals surface area contributed by atoms with E-state index < -0.39 is 37.3 Å². The van der Waals surface area contributed by atoms with Gasteiger partial charge in [0.05, 0.1) is 31.1 Å². The first-order valence-electron chi connectivity index (χ1n) is 12.1. The fourth-order valence-electron chi connectivity index (χ4n) is 3.85. The van der Waals surface area contributed by atoms with E-state index in [2.05, 4.69) is 20.6 Å². The number of aliphatic hydroxyl groups excluding tert-OH is 4. The van der Waals surface area contributed by atoms with E-state index in [0.717, 1.165) is 0 Å². The van der Waals surface area contributed by atoms with Gasteiger partial charge >= 0.3 is 0 Å². The van der Waals surface area contributed by atoms with Gasteiger partial charge in [-0.15, -0.1) is 0 Å². The summed E-state index contributed by atoms with van der Waals surface area (Å²) in [6.07, 6.45) is -3.92. The molecule has 0 spiro atoms. The number of amides is 1. The number of hydrogen-bond donors (Lipinski definition) is 6. The fraction of sp³-hybridized carbons (Fsp3) is 0.346. The van der Waals surface area contributed by atoms with Gasteiger partial charge in [0.15, 0.2) is 5.75 Å². The molecule has 0 unspecified atom stereocenters. The molecule has 4 rings (SSSR count). The summed E-state index contributed by atoms with van der Waals surface area (Å²) >= 11 is 6.37. The maximum absolute atomic E-state index is 12.0. The predicted molar refractivity (Wildman–Crippen MR) is 142 cm³/mol. The molecule has 0 radical (unpaired) electrons. The minimum Gasteiger partial charge on any atom is -0.495 e. The SMILES string of the molecule is CNC(=O)c1cc(COc2cnc(Nc3ccc(O[C@@H]4O[C@H](CO)[C@@H](O)[C@H](O)[C@H]4O)cc3)nc2)c(Cl)c(OC)c1. The van der Waals surface area contributed by atoms with Crippen molar-refractivity contribution in [3.63, 3.8) is 0 Å². The lowest BCUT2D eigenvalue weighted by molar-refractivity contribution is -0.277. The van der Waals surface area contributed by atoms with Gasteiger partial charge in [-0.1, -0.05) is 11.6 Å². The standard InChI is InChI=1S/C26H29ClN4O9/c1-28-24(36)13-7-14(20(27)18(8-13)37-2)12-38-17-9-29-26(30-10-17)31-15-3-5-16(6-4-15)39-25-23(35)22(34)21(33)19(11-32)40-25/h3-10,19,21-23,25,32-35H,11-12H2,1-2H3,(H,28,36)(H,29,30,31)/t19-,21-,22+,23-,25-/m1/s1. The van der Waals surface area contributed by atoms with E-state index >= 15 is 0 Å². The highest BCUT2D eigenvalue weighted by molar-refractivity contribution is 6.33. The molecule has 1 aromatic heterocycles. The van der Waals surface area contributed by atoms with Gasteiger partial charge in [-0.2, -0.15) is 0 Å². The largest absolute Gasteiger partial charge is 0.495 e. The first-order valence-corrected chi connectivity index (χ1v) is 12.5. The van der Waals surface area contributed by atoms with Gasteiger partial charge in [0, 0.05) is 23.9 Å². The second-order valence-corrected chi connectivity index (χ2v) is 9.10. The molecule has 1 aliphatic heterocycles.